The van der Waals surface area contributed by atoms with Gasteiger partial charge in [0.15, 0.2) is 11.5 Å². The number of carbonyl (C=O) groups is 1. The van der Waals surface area contributed by atoms with Crippen LogP contribution in [0.1, 0.15) is 17.4 Å². The third kappa shape index (κ3) is 4.89. The number of hydrogen-bond donors (Lipinski definition) is 1. The summed E-state index contributed by atoms with van der Waals surface area (Å²) in [7, 11) is 4.79. The Kier molecular flexibility index (Phi) is 8.05. The van der Waals surface area contributed by atoms with Crippen molar-refractivity contribution in [3.63, 3.8) is 0 Å². The molecular formula is C17H25NO5S2. The summed E-state index contributed by atoms with van der Waals surface area (Å²) in [5.41, 5.74) is 0.908. The first kappa shape index (κ1) is 20.1. The highest BCUT2D eigenvalue weighted by atomic mass is 32.2. The Morgan fingerprint density at radius 1 is 1.16 bits per heavy atom. The van der Waals surface area contributed by atoms with Crippen LogP contribution in [-0.2, 0) is 4.79 Å². The molecule has 2 rings (SSSR count). The summed E-state index contributed by atoms with van der Waals surface area (Å²) < 4.78 is 16.3. The van der Waals surface area contributed by atoms with Gasteiger partial charge in [0.25, 0.3) is 0 Å². The zero-order chi connectivity index (χ0) is 18.2. The van der Waals surface area contributed by atoms with Crippen LogP contribution in [0.2, 0.25) is 0 Å². The summed E-state index contributed by atoms with van der Waals surface area (Å²) in [6, 6.07) is 3.69. The third-order valence-corrected chi connectivity index (χ3v) is 6.12. The van der Waals surface area contributed by atoms with Crippen LogP contribution < -0.4 is 14.2 Å². The number of benzene rings is 1. The van der Waals surface area contributed by atoms with E-state index >= 15 is 0 Å². The van der Waals surface area contributed by atoms with E-state index in [-0.39, 0.29) is 17.9 Å². The monoisotopic (exact) mass is 387 g/mol. The fourth-order valence-corrected chi connectivity index (χ4v) is 4.64. The van der Waals surface area contributed by atoms with Crippen LogP contribution >= 0.6 is 23.5 Å². The van der Waals surface area contributed by atoms with E-state index < -0.39 is 0 Å². The zero-order valence-electron chi connectivity index (χ0n) is 14.8. The molecule has 1 saturated heterocycles. The molecule has 1 unspecified atom stereocenters. The maximum atomic E-state index is 12.5. The Hall–Kier alpha value is -1.25. The van der Waals surface area contributed by atoms with Crippen LogP contribution in [0.25, 0.3) is 0 Å². The lowest BCUT2D eigenvalue weighted by atomic mass is 10.1. The van der Waals surface area contributed by atoms with Crippen molar-refractivity contribution in [1.29, 1.82) is 0 Å². The van der Waals surface area contributed by atoms with Crippen LogP contribution in [0.4, 0.5) is 0 Å². The van der Waals surface area contributed by atoms with Gasteiger partial charge in [-0.05, 0) is 6.07 Å². The first-order valence-corrected chi connectivity index (χ1v) is 10.3. The molecule has 0 aromatic heterocycles. The number of methoxy groups -OCH3 is 3. The largest absolute Gasteiger partial charge is 0.496 e. The highest BCUT2D eigenvalue weighted by Crippen LogP contribution is 2.45. The average molecular weight is 388 g/mol. The van der Waals surface area contributed by atoms with Crippen LogP contribution in [0, 0.1) is 0 Å². The number of nitrogens with zero attached hydrogens (tertiary/aromatic N) is 1. The quantitative estimate of drug-likeness (QED) is 0.653. The number of ether oxygens (including phenoxy) is 3. The molecular weight excluding hydrogens is 362 g/mol. The summed E-state index contributed by atoms with van der Waals surface area (Å²) in [6.45, 7) is 0.791. The van der Waals surface area contributed by atoms with Crippen molar-refractivity contribution >= 4 is 29.4 Å². The van der Waals surface area contributed by atoms with E-state index in [1.165, 1.54) is 0 Å². The maximum Gasteiger partial charge on any atom is 0.224 e. The number of hydrogen-bond acceptors (Lipinski definition) is 7. The molecule has 1 atom stereocenters. The molecule has 0 spiro atoms. The molecule has 1 amide bonds. The molecule has 0 bridgehead atoms. The second kappa shape index (κ2) is 10.0. The number of amides is 1. The molecule has 1 aliphatic heterocycles. The molecule has 8 heteroatoms. The summed E-state index contributed by atoms with van der Waals surface area (Å²) in [4.78, 5) is 14.4. The third-order valence-electron chi connectivity index (χ3n) is 3.91. The van der Waals surface area contributed by atoms with Gasteiger partial charge in [0, 0.05) is 41.9 Å². The zero-order valence-corrected chi connectivity index (χ0v) is 16.5. The molecule has 1 fully saturated rings. The van der Waals surface area contributed by atoms with Gasteiger partial charge >= 0.3 is 0 Å². The summed E-state index contributed by atoms with van der Waals surface area (Å²) >= 11 is 3.36. The lowest BCUT2D eigenvalue weighted by molar-refractivity contribution is -0.131. The molecule has 6 nitrogen and oxygen atoms in total. The van der Waals surface area contributed by atoms with Gasteiger partial charge in [0.2, 0.25) is 5.91 Å². The second-order valence-electron chi connectivity index (χ2n) is 5.35. The van der Waals surface area contributed by atoms with Gasteiger partial charge in [-0.15, -0.1) is 11.8 Å². The standard InChI is InChI=1S/C17H25NO5S2/c1-21-13-11-15(23-3)14(22-2)10-12(13)17-18(5-8-24-9-6-19)16(20)4-7-25-17/h10-11,17,19H,4-9H2,1-3H3. The fourth-order valence-electron chi connectivity index (χ4n) is 2.70. The predicted octanol–water partition coefficient (Wildman–Crippen LogP) is 2.40. The number of aliphatic hydroxyl groups is 1. The van der Waals surface area contributed by atoms with Gasteiger partial charge in [-0.2, -0.15) is 11.8 Å². The van der Waals surface area contributed by atoms with Gasteiger partial charge in [0.1, 0.15) is 11.1 Å². The van der Waals surface area contributed by atoms with Gasteiger partial charge in [-0.3, -0.25) is 4.79 Å². The van der Waals surface area contributed by atoms with Gasteiger partial charge in [-0.25, -0.2) is 0 Å². The van der Waals surface area contributed by atoms with Crippen molar-refractivity contribution < 1.29 is 24.1 Å². The van der Waals surface area contributed by atoms with Crippen molar-refractivity contribution in [1.82, 2.24) is 4.90 Å². The number of rotatable bonds is 9. The van der Waals surface area contributed by atoms with E-state index in [4.69, 9.17) is 19.3 Å². The van der Waals surface area contributed by atoms with Crippen molar-refractivity contribution in [2.75, 3.05) is 51.7 Å². The second-order valence-corrected chi connectivity index (χ2v) is 7.76. The van der Waals surface area contributed by atoms with Crippen molar-refractivity contribution in [3.8, 4) is 17.2 Å². The van der Waals surface area contributed by atoms with Crippen LogP contribution in [0.3, 0.4) is 0 Å². The Morgan fingerprint density at radius 3 is 2.48 bits per heavy atom. The number of carbonyl (C=O) groups excluding carboxylic acids is 1. The molecule has 25 heavy (non-hydrogen) atoms. The Balaban J connectivity index is 2.30. The first-order valence-electron chi connectivity index (χ1n) is 8.05. The van der Waals surface area contributed by atoms with Gasteiger partial charge in [0.05, 0.1) is 27.9 Å². The Bertz CT molecular complexity index is 584. The molecule has 1 aliphatic rings. The molecule has 1 heterocycles. The van der Waals surface area contributed by atoms with E-state index in [1.807, 2.05) is 11.0 Å². The smallest absolute Gasteiger partial charge is 0.224 e. The molecule has 0 saturated carbocycles. The maximum absolute atomic E-state index is 12.5. The van der Waals surface area contributed by atoms with Crippen molar-refractivity contribution in [2.24, 2.45) is 0 Å². The lowest BCUT2D eigenvalue weighted by Gasteiger charge is -2.36. The summed E-state index contributed by atoms with van der Waals surface area (Å²) in [6.07, 6.45) is 0.543. The van der Waals surface area contributed by atoms with Crippen LogP contribution in [-0.4, -0.2) is 67.7 Å². The van der Waals surface area contributed by atoms with Crippen LogP contribution in [0.5, 0.6) is 17.2 Å². The SMILES string of the molecule is COc1cc(OC)c(C2SCCC(=O)N2CCSCCO)cc1OC. The van der Waals surface area contributed by atoms with Crippen molar-refractivity contribution in [2.45, 2.75) is 11.8 Å². The molecule has 0 radical (unpaired) electrons. The molecule has 140 valence electrons. The minimum atomic E-state index is -0.120. The minimum absolute atomic E-state index is 0.120. The first-order chi connectivity index (χ1) is 12.2. The van der Waals surface area contributed by atoms with Crippen LogP contribution in [0.15, 0.2) is 12.1 Å². The molecule has 1 aromatic carbocycles. The minimum Gasteiger partial charge on any atom is -0.496 e. The molecule has 1 N–H and O–H groups in total. The summed E-state index contributed by atoms with van der Waals surface area (Å²) in [5, 5.41) is 8.79. The van der Waals surface area contributed by atoms with Gasteiger partial charge in [-0.1, -0.05) is 0 Å². The molecule has 0 aliphatic carbocycles. The fraction of sp³-hybridized carbons (Fsp3) is 0.588. The average Bonchev–Trinajstić information content (AvgIpc) is 2.65. The van der Waals surface area contributed by atoms with Gasteiger partial charge < -0.3 is 24.2 Å². The highest BCUT2D eigenvalue weighted by molar-refractivity contribution is 7.99. The lowest BCUT2D eigenvalue weighted by Crippen LogP contribution is -2.39. The normalized spacial score (nSPS) is 17.5. The number of thioether (sulfide) groups is 2. The Morgan fingerprint density at radius 2 is 1.84 bits per heavy atom. The Labute approximate surface area is 157 Å². The van der Waals surface area contributed by atoms with E-state index in [2.05, 4.69) is 0 Å². The molecule has 1 aromatic rings. The summed E-state index contributed by atoms with van der Waals surface area (Å²) in [5.74, 6) is 4.29. The number of aliphatic hydroxyl groups excluding tert-OH is 1. The van der Waals surface area contributed by atoms with E-state index in [0.29, 0.717) is 36.0 Å². The van der Waals surface area contributed by atoms with Crippen molar-refractivity contribution in [3.05, 3.63) is 17.7 Å². The van der Waals surface area contributed by atoms with E-state index in [1.54, 1.807) is 50.9 Å². The topological polar surface area (TPSA) is 68.2 Å². The highest BCUT2D eigenvalue weighted by Gasteiger charge is 2.32. The van der Waals surface area contributed by atoms with E-state index in [0.717, 1.165) is 17.1 Å². The van der Waals surface area contributed by atoms with E-state index in [9.17, 15) is 4.79 Å². The predicted molar refractivity (Wildman–Crippen MR) is 102 cm³/mol.